The Kier molecular flexibility index (Phi) is 7.07. The molecule has 1 aliphatic heterocycles. The third-order valence-corrected chi connectivity index (χ3v) is 3.90. The quantitative estimate of drug-likeness (QED) is 0.725. The minimum absolute atomic E-state index is 0.189. The summed E-state index contributed by atoms with van der Waals surface area (Å²) in [5.74, 6) is 3.20. The van der Waals surface area contributed by atoms with Crippen molar-refractivity contribution in [2.24, 2.45) is 5.92 Å². The van der Waals surface area contributed by atoms with Crippen LogP contribution in [0.2, 0.25) is 0 Å². The smallest absolute Gasteiger partial charge is 0.220 e. The van der Waals surface area contributed by atoms with Crippen LogP contribution in [0.5, 0.6) is 0 Å². The van der Waals surface area contributed by atoms with Crippen molar-refractivity contribution in [1.29, 1.82) is 5.26 Å². The Morgan fingerprint density at radius 1 is 1.38 bits per heavy atom. The van der Waals surface area contributed by atoms with E-state index in [0.717, 1.165) is 19.4 Å². The molecule has 0 aromatic carbocycles. The minimum atomic E-state index is 0.189. The normalized spacial score (nSPS) is 16.7. The van der Waals surface area contributed by atoms with Crippen LogP contribution in [0.25, 0.3) is 0 Å². The number of rotatable bonds is 6. The maximum Gasteiger partial charge on any atom is 0.220 e. The van der Waals surface area contributed by atoms with Gasteiger partial charge in [0.1, 0.15) is 0 Å². The van der Waals surface area contributed by atoms with E-state index in [1.54, 1.807) is 0 Å². The van der Waals surface area contributed by atoms with Crippen molar-refractivity contribution < 1.29 is 4.79 Å². The second kappa shape index (κ2) is 8.46. The van der Waals surface area contributed by atoms with Crippen molar-refractivity contribution in [3.8, 4) is 6.07 Å². The van der Waals surface area contributed by atoms with E-state index in [1.807, 2.05) is 11.8 Å². The Morgan fingerprint density at radius 3 is 2.81 bits per heavy atom. The lowest BCUT2D eigenvalue weighted by atomic mass is 9.98. The monoisotopic (exact) mass is 240 g/mol. The van der Waals surface area contributed by atoms with Gasteiger partial charge in [-0.2, -0.15) is 17.0 Å². The average Bonchev–Trinajstić information content (AvgIpc) is 2.30. The number of thioether (sulfide) groups is 1. The van der Waals surface area contributed by atoms with Crippen molar-refractivity contribution in [1.82, 2.24) is 5.32 Å². The molecule has 1 fully saturated rings. The van der Waals surface area contributed by atoms with Crippen LogP contribution >= 0.6 is 11.8 Å². The number of carbonyl (C=O) groups excluding carboxylic acids is 1. The Balaban J connectivity index is 1.99. The standard InChI is InChI=1S/C12H20N2OS/c13-6-2-1-3-7-14-12(15)10-11-4-8-16-9-5-11/h11H,1-5,7-10H2,(H,14,15). The zero-order valence-electron chi connectivity index (χ0n) is 9.71. The highest BCUT2D eigenvalue weighted by atomic mass is 32.2. The maximum absolute atomic E-state index is 11.6. The first-order valence-electron chi connectivity index (χ1n) is 6.04. The van der Waals surface area contributed by atoms with Gasteiger partial charge in [0.25, 0.3) is 0 Å². The van der Waals surface area contributed by atoms with Crippen molar-refractivity contribution in [3.63, 3.8) is 0 Å². The van der Waals surface area contributed by atoms with E-state index in [0.29, 0.717) is 18.8 Å². The Labute approximate surface area is 102 Å². The van der Waals surface area contributed by atoms with E-state index in [-0.39, 0.29) is 5.91 Å². The van der Waals surface area contributed by atoms with Crippen LogP contribution in [0.15, 0.2) is 0 Å². The highest BCUT2D eigenvalue weighted by molar-refractivity contribution is 7.99. The molecule has 0 unspecified atom stereocenters. The highest BCUT2D eigenvalue weighted by Gasteiger charge is 2.16. The molecule has 0 saturated carbocycles. The molecule has 0 aromatic rings. The summed E-state index contributed by atoms with van der Waals surface area (Å²) in [5, 5.41) is 11.3. The number of hydrogen-bond donors (Lipinski definition) is 1. The minimum Gasteiger partial charge on any atom is -0.356 e. The van der Waals surface area contributed by atoms with Gasteiger partial charge in [0, 0.05) is 19.4 Å². The van der Waals surface area contributed by atoms with Gasteiger partial charge in [0.2, 0.25) is 5.91 Å². The zero-order chi connectivity index (χ0) is 11.6. The number of nitrogens with zero attached hydrogens (tertiary/aromatic N) is 1. The molecule has 1 rings (SSSR count). The molecule has 3 nitrogen and oxygen atoms in total. The highest BCUT2D eigenvalue weighted by Crippen LogP contribution is 2.24. The predicted molar refractivity (Wildman–Crippen MR) is 67.1 cm³/mol. The summed E-state index contributed by atoms with van der Waals surface area (Å²) in [4.78, 5) is 11.6. The summed E-state index contributed by atoms with van der Waals surface area (Å²) in [6, 6.07) is 2.11. The van der Waals surface area contributed by atoms with E-state index >= 15 is 0 Å². The first-order chi connectivity index (χ1) is 7.83. The van der Waals surface area contributed by atoms with Crippen molar-refractivity contribution in [3.05, 3.63) is 0 Å². The molecule has 0 spiro atoms. The first kappa shape index (κ1) is 13.4. The van der Waals surface area contributed by atoms with Gasteiger partial charge in [-0.3, -0.25) is 4.79 Å². The summed E-state index contributed by atoms with van der Waals surface area (Å²) >= 11 is 1.99. The van der Waals surface area contributed by atoms with Crippen molar-refractivity contribution in [2.45, 2.75) is 38.5 Å². The van der Waals surface area contributed by atoms with Gasteiger partial charge in [-0.05, 0) is 43.1 Å². The lowest BCUT2D eigenvalue weighted by molar-refractivity contribution is -0.122. The summed E-state index contributed by atoms with van der Waals surface area (Å²) in [6.07, 6.45) is 5.46. The SMILES string of the molecule is N#CCCCCNC(=O)CC1CCSCC1. The van der Waals surface area contributed by atoms with Crippen LogP contribution in [-0.2, 0) is 4.79 Å². The number of nitriles is 1. The van der Waals surface area contributed by atoms with Gasteiger partial charge < -0.3 is 5.32 Å². The lowest BCUT2D eigenvalue weighted by Gasteiger charge is -2.20. The number of hydrogen-bond acceptors (Lipinski definition) is 3. The fraction of sp³-hybridized carbons (Fsp3) is 0.833. The van der Waals surface area contributed by atoms with E-state index in [9.17, 15) is 4.79 Å². The van der Waals surface area contributed by atoms with Crippen LogP contribution in [0.1, 0.15) is 38.5 Å². The predicted octanol–water partition coefficient (Wildman–Crippen LogP) is 2.33. The number of amides is 1. The third-order valence-electron chi connectivity index (χ3n) is 2.85. The fourth-order valence-electron chi connectivity index (χ4n) is 1.84. The van der Waals surface area contributed by atoms with E-state index < -0.39 is 0 Å². The molecule has 1 saturated heterocycles. The van der Waals surface area contributed by atoms with Crippen molar-refractivity contribution >= 4 is 17.7 Å². The topological polar surface area (TPSA) is 52.9 Å². The number of carbonyl (C=O) groups is 1. The third kappa shape index (κ3) is 6.02. The van der Waals surface area contributed by atoms with Crippen molar-refractivity contribution in [2.75, 3.05) is 18.1 Å². The maximum atomic E-state index is 11.6. The molecule has 0 bridgehead atoms. The van der Waals surface area contributed by atoms with Crippen LogP contribution in [-0.4, -0.2) is 24.0 Å². The van der Waals surface area contributed by atoms with Gasteiger partial charge in [0.05, 0.1) is 6.07 Å². The molecule has 1 amide bonds. The molecule has 0 atom stereocenters. The summed E-state index contributed by atoms with van der Waals surface area (Å²) in [6.45, 7) is 0.724. The van der Waals surface area contributed by atoms with Crippen LogP contribution in [0.3, 0.4) is 0 Å². The number of nitrogens with one attached hydrogen (secondary N) is 1. The molecular formula is C12H20N2OS. The molecule has 4 heteroatoms. The average molecular weight is 240 g/mol. The Hall–Kier alpha value is -0.690. The zero-order valence-corrected chi connectivity index (χ0v) is 10.5. The molecule has 16 heavy (non-hydrogen) atoms. The Bertz CT molecular complexity index is 244. The van der Waals surface area contributed by atoms with E-state index in [2.05, 4.69) is 11.4 Å². The first-order valence-corrected chi connectivity index (χ1v) is 7.20. The van der Waals surface area contributed by atoms with Gasteiger partial charge in [-0.1, -0.05) is 0 Å². The van der Waals surface area contributed by atoms with E-state index in [4.69, 9.17) is 5.26 Å². The second-order valence-electron chi connectivity index (χ2n) is 4.23. The fourth-order valence-corrected chi connectivity index (χ4v) is 3.05. The molecule has 0 aromatic heterocycles. The number of unbranched alkanes of at least 4 members (excludes halogenated alkanes) is 2. The summed E-state index contributed by atoms with van der Waals surface area (Å²) in [5.41, 5.74) is 0. The Morgan fingerprint density at radius 2 is 2.12 bits per heavy atom. The molecule has 1 heterocycles. The van der Waals surface area contributed by atoms with Gasteiger partial charge in [-0.15, -0.1) is 0 Å². The van der Waals surface area contributed by atoms with Gasteiger partial charge in [0.15, 0.2) is 0 Å². The van der Waals surface area contributed by atoms with E-state index in [1.165, 1.54) is 24.3 Å². The summed E-state index contributed by atoms with van der Waals surface area (Å²) < 4.78 is 0. The molecule has 0 aliphatic carbocycles. The van der Waals surface area contributed by atoms with Gasteiger partial charge >= 0.3 is 0 Å². The molecule has 1 N–H and O–H groups in total. The lowest BCUT2D eigenvalue weighted by Crippen LogP contribution is -2.27. The largest absolute Gasteiger partial charge is 0.356 e. The van der Waals surface area contributed by atoms with Crippen LogP contribution in [0.4, 0.5) is 0 Å². The molecule has 90 valence electrons. The van der Waals surface area contributed by atoms with Crippen LogP contribution in [0, 0.1) is 17.2 Å². The van der Waals surface area contributed by atoms with Crippen LogP contribution < -0.4 is 5.32 Å². The molecular weight excluding hydrogens is 220 g/mol. The molecule has 1 aliphatic rings. The second-order valence-corrected chi connectivity index (χ2v) is 5.45. The summed E-state index contributed by atoms with van der Waals surface area (Å²) in [7, 11) is 0. The molecule has 0 radical (unpaired) electrons. The van der Waals surface area contributed by atoms with Gasteiger partial charge in [-0.25, -0.2) is 0 Å².